The van der Waals surface area contributed by atoms with Crippen LogP contribution in [0.5, 0.6) is 0 Å². The lowest BCUT2D eigenvalue weighted by Crippen LogP contribution is -2.00. The third kappa shape index (κ3) is 2.79. The van der Waals surface area contributed by atoms with Crippen molar-refractivity contribution in [3.63, 3.8) is 0 Å². The van der Waals surface area contributed by atoms with Gasteiger partial charge in [0.2, 0.25) is 0 Å². The maximum atomic E-state index is 11.1. The Kier molecular flexibility index (Phi) is 3.69. The van der Waals surface area contributed by atoms with E-state index in [1.807, 2.05) is 18.3 Å². The van der Waals surface area contributed by atoms with Crippen molar-refractivity contribution in [3.05, 3.63) is 30.5 Å². The Hall–Kier alpha value is -2.08. The van der Waals surface area contributed by atoms with Crippen LogP contribution in [0.3, 0.4) is 0 Å². The van der Waals surface area contributed by atoms with Gasteiger partial charge in [-0.15, -0.1) is 10.2 Å². The number of fused-ring (bicyclic) bond motifs is 1. The van der Waals surface area contributed by atoms with Crippen molar-refractivity contribution < 1.29 is 4.79 Å². The number of aromatic amines is 1. The SMILES string of the molecule is CC(=O)CCSc1nnc(-c2c[nH]c3ccccc23)n1C1CC1. The smallest absolute Gasteiger partial charge is 0.191 e. The lowest BCUT2D eigenvalue weighted by Gasteiger charge is -2.08. The van der Waals surface area contributed by atoms with E-state index >= 15 is 0 Å². The summed E-state index contributed by atoms with van der Waals surface area (Å²) in [4.78, 5) is 14.5. The van der Waals surface area contributed by atoms with Gasteiger partial charge in [-0.05, 0) is 25.8 Å². The summed E-state index contributed by atoms with van der Waals surface area (Å²) in [6.07, 6.45) is 4.93. The maximum absolute atomic E-state index is 11.1. The number of nitrogens with zero attached hydrogens (tertiary/aromatic N) is 3. The van der Waals surface area contributed by atoms with Gasteiger partial charge in [-0.3, -0.25) is 9.36 Å². The van der Waals surface area contributed by atoms with E-state index in [2.05, 4.69) is 31.9 Å². The number of aromatic nitrogens is 4. The summed E-state index contributed by atoms with van der Waals surface area (Å²) in [5.74, 6) is 1.90. The summed E-state index contributed by atoms with van der Waals surface area (Å²) in [7, 11) is 0. The molecule has 0 atom stereocenters. The number of H-pyrrole nitrogens is 1. The summed E-state index contributed by atoms with van der Waals surface area (Å²) >= 11 is 1.63. The molecule has 1 aliphatic rings. The Morgan fingerprint density at radius 1 is 1.35 bits per heavy atom. The second kappa shape index (κ2) is 5.85. The van der Waals surface area contributed by atoms with Crippen LogP contribution in [0.1, 0.15) is 32.2 Å². The zero-order valence-corrected chi connectivity index (χ0v) is 13.8. The van der Waals surface area contributed by atoms with Gasteiger partial charge >= 0.3 is 0 Å². The van der Waals surface area contributed by atoms with E-state index in [1.54, 1.807) is 18.7 Å². The number of Topliss-reactive ketones (excluding diaryl/α,β-unsaturated/α-hetero) is 1. The monoisotopic (exact) mass is 326 g/mol. The number of rotatable bonds is 6. The molecule has 2 heterocycles. The number of hydrogen-bond donors (Lipinski definition) is 1. The van der Waals surface area contributed by atoms with E-state index < -0.39 is 0 Å². The minimum absolute atomic E-state index is 0.215. The van der Waals surface area contributed by atoms with E-state index in [4.69, 9.17) is 0 Å². The number of para-hydroxylation sites is 1. The average Bonchev–Trinajstić information content (AvgIpc) is 3.15. The van der Waals surface area contributed by atoms with Crippen molar-refractivity contribution in [2.24, 2.45) is 0 Å². The van der Waals surface area contributed by atoms with Crippen LogP contribution in [0.2, 0.25) is 0 Å². The Morgan fingerprint density at radius 3 is 2.96 bits per heavy atom. The first-order valence-corrected chi connectivity index (χ1v) is 8.86. The molecule has 0 bridgehead atoms. The van der Waals surface area contributed by atoms with E-state index in [-0.39, 0.29) is 5.78 Å². The van der Waals surface area contributed by atoms with Gasteiger partial charge in [0, 0.05) is 40.9 Å². The van der Waals surface area contributed by atoms with Gasteiger partial charge in [0.1, 0.15) is 5.78 Å². The molecular formula is C17H18N4OS. The summed E-state index contributed by atoms with van der Waals surface area (Å²) < 4.78 is 2.25. The fourth-order valence-corrected chi connectivity index (χ4v) is 3.81. The molecule has 0 aliphatic heterocycles. The Labute approximate surface area is 138 Å². The molecule has 3 aromatic rings. The van der Waals surface area contributed by atoms with Gasteiger partial charge in [-0.25, -0.2) is 0 Å². The highest BCUT2D eigenvalue weighted by Gasteiger charge is 2.30. The fraction of sp³-hybridized carbons (Fsp3) is 0.353. The molecule has 0 amide bonds. The molecule has 118 valence electrons. The molecule has 1 fully saturated rings. The molecule has 0 radical (unpaired) electrons. The standard InChI is InChI=1S/C17H18N4OS/c1-11(22)8-9-23-17-20-19-16(21(17)12-6-7-12)14-10-18-15-5-3-2-4-13(14)15/h2-5,10,12,18H,6-9H2,1H3. The van der Waals surface area contributed by atoms with Crippen LogP contribution in [-0.4, -0.2) is 31.3 Å². The molecule has 1 N–H and O–H groups in total. The highest BCUT2D eigenvalue weighted by atomic mass is 32.2. The topological polar surface area (TPSA) is 63.6 Å². The van der Waals surface area contributed by atoms with E-state index in [9.17, 15) is 4.79 Å². The second-order valence-electron chi connectivity index (χ2n) is 5.96. The van der Waals surface area contributed by atoms with Gasteiger partial charge in [0.05, 0.1) is 0 Å². The predicted molar refractivity (Wildman–Crippen MR) is 91.6 cm³/mol. The summed E-state index contributed by atoms with van der Waals surface area (Å²) in [6, 6.07) is 8.74. The Bertz CT molecular complexity index is 862. The number of hydrogen-bond acceptors (Lipinski definition) is 4. The van der Waals surface area contributed by atoms with Crippen LogP contribution >= 0.6 is 11.8 Å². The lowest BCUT2D eigenvalue weighted by molar-refractivity contribution is -0.116. The van der Waals surface area contributed by atoms with Crippen molar-refractivity contribution in [1.29, 1.82) is 0 Å². The van der Waals surface area contributed by atoms with Crippen molar-refractivity contribution in [2.45, 2.75) is 37.4 Å². The molecule has 0 saturated heterocycles. The number of ketones is 1. The van der Waals surface area contributed by atoms with Crippen LogP contribution < -0.4 is 0 Å². The number of carbonyl (C=O) groups is 1. The van der Waals surface area contributed by atoms with Gasteiger partial charge < -0.3 is 4.98 Å². The highest BCUT2D eigenvalue weighted by molar-refractivity contribution is 7.99. The first kappa shape index (κ1) is 14.5. The number of thioether (sulfide) groups is 1. The van der Waals surface area contributed by atoms with Crippen LogP contribution in [0.4, 0.5) is 0 Å². The fourth-order valence-electron chi connectivity index (χ4n) is 2.76. The third-order valence-electron chi connectivity index (χ3n) is 4.09. The molecule has 23 heavy (non-hydrogen) atoms. The second-order valence-corrected chi connectivity index (χ2v) is 7.02. The third-order valence-corrected chi connectivity index (χ3v) is 5.04. The zero-order valence-electron chi connectivity index (χ0n) is 13.0. The van der Waals surface area contributed by atoms with Gasteiger partial charge in [0.15, 0.2) is 11.0 Å². The molecule has 0 unspecified atom stereocenters. The minimum Gasteiger partial charge on any atom is -0.360 e. The normalized spacial score (nSPS) is 14.5. The zero-order chi connectivity index (χ0) is 15.8. The van der Waals surface area contributed by atoms with Gasteiger partial charge in [-0.1, -0.05) is 30.0 Å². The van der Waals surface area contributed by atoms with Gasteiger partial charge in [0.25, 0.3) is 0 Å². The highest BCUT2D eigenvalue weighted by Crippen LogP contribution is 2.42. The lowest BCUT2D eigenvalue weighted by atomic mass is 10.1. The Balaban J connectivity index is 1.71. The molecule has 1 saturated carbocycles. The predicted octanol–water partition coefficient (Wildman–Crippen LogP) is 3.83. The van der Waals surface area contributed by atoms with Crippen LogP contribution in [0.15, 0.2) is 35.6 Å². The molecule has 1 aromatic carbocycles. The number of benzene rings is 1. The van der Waals surface area contributed by atoms with Crippen LogP contribution in [-0.2, 0) is 4.79 Å². The molecule has 2 aromatic heterocycles. The molecule has 4 rings (SSSR count). The summed E-state index contributed by atoms with van der Waals surface area (Å²) in [5, 5.41) is 10.9. The number of carbonyl (C=O) groups excluding carboxylic acids is 1. The first-order valence-electron chi connectivity index (χ1n) is 7.87. The van der Waals surface area contributed by atoms with Crippen molar-refractivity contribution in [1.82, 2.24) is 19.7 Å². The summed E-state index contributed by atoms with van der Waals surface area (Å²) in [6.45, 7) is 1.63. The first-order chi connectivity index (χ1) is 11.2. The van der Waals surface area contributed by atoms with Gasteiger partial charge in [-0.2, -0.15) is 0 Å². The largest absolute Gasteiger partial charge is 0.360 e. The molecular weight excluding hydrogens is 308 g/mol. The van der Waals surface area contributed by atoms with Crippen molar-refractivity contribution in [2.75, 3.05) is 5.75 Å². The molecule has 5 nitrogen and oxygen atoms in total. The van der Waals surface area contributed by atoms with Crippen LogP contribution in [0.25, 0.3) is 22.3 Å². The quantitative estimate of drug-likeness (QED) is 0.699. The molecule has 6 heteroatoms. The van der Waals surface area contributed by atoms with Crippen LogP contribution in [0, 0.1) is 0 Å². The van der Waals surface area contributed by atoms with E-state index in [0.29, 0.717) is 12.5 Å². The van der Waals surface area contributed by atoms with Crippen molar-refractivity contribution >= 4 is 28.4 Å². The molecule has 0 spiro atoms. The van der Waals surface area contributed by atoms with E-state index in [1.165, 1.54) is 18.2 Å². The minimum atomic E-state index is 0.215. The van der Waals surface area contributed by atoms with E-state index in [0.717, 1.165) is 27.8 Å². The average molecular weight is 326 g/mol. The summed E-state index contributed by atoms with van der Waals surface area (Å²) in [5.41, 5.74) is 2.21. The number of nitrogens with one attached hydrogen (secondary N) is 1. The molecule has 1 aliphatic carbocycles. The Morgan fingerprint density at radius 2 is 2.17 bits per heavy atom. The maximum Gasteiger partial charge on any atom is 0.191 e. The van der Waals surface area contributed by atoms with Crippen molar-refractivity contribution in [3.8, 4) is 11.4 Å².